The van der Waals surface area contributed by atoms with Crippen LogP contribution in [0.25, 0.3) is 10.9 Å². The average molecular weight is 342 g/mol. The second kappa shape index (κ2) is 6.32. The third-order valence-electron chi connectivity index (χ3n) is 3.90. The number of pyridine rings is 1. The van der Waals surface area contributed by atoms with Crippen molar-refractivity contribution in [2.24, 2.45) is 0 Å². The summed E-state index contributed by atoms with van der Waals surface area (Å²) >= 11 is 0. The lowest BCUT2D eigenvalue weighted by Gasteiger charge is -2.24. The van der Waals surface area contributed by atoms with Crippen LogP contribution in [0.5, 0.6) is 0 Å². The standard InChI is InChI=1S/C18H18N2O3S/c1-18(21,14-7-3-2-4-8-14)13-20-24(22,23)17-11-5-10-16-15(17)9-6-12-19-16/h2-12,20-21H,13H2,1H3. The summed E-state index contributed by atoms with van der Waals surface area (Å²) in [4.78, 5) is 4.32. The molecule has 0 radical (unpaired) electrons. The number of hydrogen-bond acceptors (Lipinski definition) is 4. The number of aliphatic hydroxyl groups is 1. The van der Waals surface area contributed by atoms with E-state index in [1.807, 2.05) is 6.07 Å². The zero-order valence-corrected chi connectivity index (χ0v) is 14.0. The number of nitrogens with one attached hydrogen (secondary N) is 1. The average Bonchev–Trinajstić information content (AvgIpc) is 2.60. The normalized spacial score (nSPS) is 14.4. The van der Waals surface area contributed by atoms with Gasteiger partial charge in [0.05, 0.1) is 10.4 Å². The fraction of sp³-hybridized carbons (Fsp3) is 0.167. The van der Waals surface area contributed by atoms with Crippen molar-refractivity contribution in [2.45, 2.75) is 17.4 Å². The van der Waals surface area contributed by atoms with Crippen LogP contribution in [-0.2, 0) is 15.6 Å². The Balaban J connectivity index is 1.89. The second-order valence-corrected chi connectivity index (χ2v) is 7.53. The van der Waals surface area contributed by atoms with Gasteiger partial charge in [-0.3, -0.25) is 4.98 Å². The minimum atomic E-state index is -3.78. The van der Waals surface area contributed by atoms with Crippen molar-refractivity contribution in [1.29, 1.82) is 0 Å². The number of fused-ring (bicyclic) bond motifs is 1. The van der Waals surface area contributed by atoms with E-state index in [-0.39, 0.29) is 11.4 Å². The molecule has 0 fully saturated rings. The lowest BCUT2D eigenvalue weighted by molar-refractivity contribution is 0.0627. The molecule has 1 unspecified atom stereocenters. The highest BCUT2D eigenvalue weighted by Crippen LogP contribution is 2.23. The van der Waals surface area contributed by atoms with Gasteiger partial charge < -0.3 is 5.11 Å². The third kappa shape index (κ3) is 3.31. The molecule has 6 heteroatoms. The number of sulfonamides is 1. The van der Waals surface area contributed by atoms with E-state index in [2.05, 4.69) is 9.71 Å². The van der Waals surface area contributed by atoms with Crippen molar-refractivity contribution in [2.75, 3.05) is 6.54 Å². The van der Waals surface area contributed by atoms with Crippen molar-refractivity contribution in [3.05, 3.63) is 72.4 Å². The summed E-state index contributed by atoms with van der Waals surface area (Å²) in [7, 11) is -3.78. The number of rotatable bonds is 5. The van der Waals surface area contributed by atoms with Gasteiger partial charge in [0.15, 0.2) is 0 Å². The third-order valence-corrected chi connectivity index (χ3v) is 5.36. The summed E-state index contributed by atoms with van der Waals surface area (Å²) in [6.45, 7) is 1.45. The maximum Gasteiger partial charge on any atom is 0.241 e. The van der Waals surface area contributed by atoms with Gasteiger partial charge >= 0.3 is 0 Å². The number of aromatic nitrogens is 1. The highest BCUT2D eigenvalue weighted by atomic mass is 32.2. The lowest BCUT2D eigenvalue weighted by atomic mass is 9.97. The van der Waals surface area contributed by atoms with Crippen LogP contribution in [-0.4, -0.2) is 25.1 Å². The minimum absolute atomic E-state index is 0.129. The predicted octanol–water partition coefficient (Wildman–Crippen LogP) is 2.42. The fourth-order valence-electron chi connectivity index (χ4n) is 2.52. The van der Waals surface area contributed by atoms with Crippen molar-refractivity contribution < 1.29 is 13.5 Å². The molecule has 0 amide bonds. The molecular formula is C18H18N2O3S. The van der Waals surface area contributed by atoms with E-state index in [9.17, 15) is 13.5 Å². The van der Waals surface area contributed by atoms with E-state index in [4.69, 9.17) is 0 Å². The molecule has 5 nitrogen and oxygen atoms in total. The van der Waals surface area contributed by atoms with E-state index < -0.39 is 15.6 Å². The topological polar surface area (TPSA) is 79.3 Å². The first-order valence-corrected chi connectivity index (χ1v) is 9.00. The van der Waals surface area contributed by atoms with Crippen LogP contribution < -0.4 is 4.72 Å². The molecule has 0 aliphatic rings. The summed E-state index contributed by atoms with van der Waals surface area (Å²) in [5.74, 6) is 0. The Kier molecular flexibility index (Phi) is 4.36. The summed E-state index contributed by atoms with van der Waals surface area (Å²) in [6, 6.07) is 17.3. The molecule has 2 N–H and O–H groups in total. The van der Waals surface area contributed by atoms with Crippen molar-refractivity contribution in [1.82, 2.24) is 9.71 Å². The summed E-state index contributed by atoms with van der Waals surface area (Å²) in [5, 5.41) is 11.1. The minimum Gasteiger partial charge on any atom is -0.384 e. The van der Waals surface area contributed by atoms with Crippen molar-refractivity contribution >= 4 is 20.9 Å². The summed E-state index contributed by atoms with van der Waals surface area (Å²) in [5.41, 5.74) is -0.0561. The number of hydrogen-bond donors (Lipinski definition) is 2. The van der Waals surface area contributed by atoms with E-state index in [0.29, 0.717) is 16.5 Å². The highest BCUT2D eigenvalue weighted by molar-refractivity contribution is 7.89. The Morgan fingerprint density at radius 2 is 1.79 bits per heavy atom. The van der Waals surface area contributed by atoms with Gasteiger partial charge in [0, 0.05) is 18.1 Å². The molecule has 0 spiro atoms. The predicted molar refractivity (Wildman–Crippen MR) is 92.9 cm³/mol. The molecule has 0 bridgehead atoms. The number of nitrogens with zero attached hydrogens (tertiary/aromatic N) is 1. The highest BCUT2D eigenvalue weighted by Gasteiger charge is 2.26. The van der Waals surface area contributed by atoms with Gasteiger partial charge in [-0.25, -0.2) is 13.1 Å². The molecule has 3 aromatic rings. The number of benzene rings is 2. The molecule has 0 saturated carbocycles. The Hall–Kier alpha value is -2.28. The molecule has 1 aromatic heterocycles. The molecule has 0 aliphatic heterocycles. The van der Waals surface area contributed by atoms with E-state index in [1.165, 1.54) is 6.07 Å². The smallest absolute Gasteiger partial charge is 0.241 e. The van der Waals surface area contributed by atoms with E-state index in [0.717, 1.165) is 0 Å². The maximum atomic E-state index is 12.7. The second-order valence-electron chi connectivity index (χ2n) is 5.79. The molecule has 2 aromatic carbocycles. The van der Waals surface area contributed by atoms with Crippen LogP contribution in [0.3, 0.4) is 0 Å². The SMILES string of the molecule is CC(O)(CNS(=O)(=O)c1cccc2ncccc12)c1ccccc1. The molecule has 24 heavy (non-hydrogen) atoms. The van der Waals surface area contributed by atoms with E-state index >= 15 is 0 Å². The van der Waals surface area contributed by atoms with Gasteiger partial charge in [-0.2, -0.15) is 0 Å². The first-order valence-electron chi connectivity index (χ1n) is 7.51. The Labute approximate surface area is 141 Å². The van der Waals surface area contributed by atoms with Crippen molar-refractivity contribution in [3.63, 3.8) is 0 Å². The first kappa shape index (κ1) is 16.6. The fourth-order valence-corrected chi connectivity index (χ4v) is 3.87. The zero-order valence-electron chi connectivity index (χ0n) is 13.2. The quantitative estimate of drug-likeness (QED) is 0.746. The van der Waals surface area contributed by atoms with Gasteiger partial charge in [-0.15, -0.1) is 0 Å². The van der Waals surface area contributed by atoms with Crippen LogP contribution in [0.15, 0.2) is 71.8 Å². The van der Waals surface area contributed by atoms with Crippen LogP contribution in [0.4, 0.5) is 0 Å². The van der Waals surface area contributed by atoms with Gasteiger partial charge in [-0.05, 0) is 36.8 Å². The zero-order chi connectivity index (χ0) is 17.2. The van der Waals surface area contributed by atoms with Gasteiger partial charge in [0.2, 0.25) is 10.0 Å². The van der Waals surface area contributed by atoms with Gasteiger partial charge in [0.1, 0.15) is 5.60 Å². The molecule has 3 rings (SSSR count). The van der Waals surface area contributed by atoms with Crippen LogP contribution in [0.2, 0.25) is 0 Å². The molecule has 1 heterocycles. The summed E-state index contributed by atoms with van der Waals surface area (Å²) < 4.78 is 27.8. The van der Waals surface area contributed by atoms with Crippen LogP contribution in [0, 0.1) is 0 Å². The maximum absolute atomic E-state index is 12.7. The molecule has 124 valence electrons. The summed E-state index contributed by atoms with van der Waals surface area (Å²) in [6.07, 6.45) is 1.62. The largest absolute Gasteiger partial charge is 0.384 e. The van der Waals surface area contributed by atoms with Gasteiger partial charge in [0.25, 0.3) is 0 Å². The Bertz CT molecular complexity index is 949. The molecule has 0 saturated heterocycles. The van der Waals surface area contributed by atoms with Crippen LogP contribution >= 0.6 is 0 Å². The molecule has 0 aliphatic carbocycles. The molecular weight excluding hydrogens is 324 g/mol. The van der Waals surface area contributed by atoms with E-state index in [1.54, 1.807) is 61.7 Å². The van der Waals surface area contributed by atoms with Gasteiger partial charge in [-0.1, -0.05) is 36.4 Å². The van der Waals surface area contributed by atoms with Crippen molar-refractivity contribution in [3.8, 4) is 0 Å². The lowest BCUT2D eigenvalue weighted by Crippen LogP contribution is -2.38. The Morgan fingerprint density at radius 3 is 2.54 bits per heavy atom. The molecule has 1 atom stereocenters. The monoisotopic (exact) mass is 342 g/mol. The van der Waals surface area contributed by atoms with Crippen LogP contribution in [0.1, 0.15) is 12.5 Å². The first-order chi connectivity index (χ1) is 11.4. The Morgan fingerprint density at radius 1 is 1.04 bits per heavy atom.